The van der Waals surface area contributed by atoms with Crippen LogP contribution in [0.5, 0.6) is 5.75 Å². The van der Waals surface area contributed by atoms with Crippen molar-refractivity contribution in [2.24, 2.45) is 0 Å². The number of hydrogen-bond acceptors (Lipinski definition) is 4. The van der Waals surface area contributed by atoms with Crippen LogP contribution in [0.3, 0.4) is 0 Å². The Kier molecular flexibility index (Phi) is 7.00. The molecule has 0 amide bonds. The number of imidazole rings is 1. The van der Waals surface area contributed by atoms with Crippen molar-refractivity contribution in [1.82, 2.24) is 4.98 Å². The fraction of sp³-hybridized carbons (Fsp3) is 0.267. The first-order valence-electron chi connectivity index (χ1n) is 6.42. The molecule has 1 atom stereocenters. The molecule has 114 valence electrons. The van der Waals surface area contributed by atoms with Gasteiger partial charge in [-0.05, 0) is 24.3 Å². The largest absolute Gasteiger partial charge is 0.876 e. The highest BCUT2D eigenvalue weighted by Crippen LogP contribution is 2.17. The molecule has 1 aromatic heterocycles. The number of aliphatic hydroxyl groups is 2. The number of ether oxygens (including phenoxy) is 1. The van der Waals surface area contributed by atoms with E-state index in [0.29, 0.717) is 5.75 Å². The molecule has 6 heteroatoms. The Hall–Kier alpha value is -2.31. The molecule has 0 saturated heterocycles. The van der Waals surface area contributed by atoms with Crippen LogP contribution in [-0.2, 0) is 0 Å². The summed E-state index contributed by atoms with van der Waals surface area (Å²) in [6.45, 7) is 4.21. The van der Waals surface area contributed by atoms with Crippen molar-refractivity contribution in [3.8, 4) is 17.1 Å². The molecule has 21 heavy (non-hydrogen) atoms. The Labute approximate surface area is 123 Å². The van der Waals surface area contributed by atoms with Gasteiger partial charge in [0.1, 0.15) is 30.9 Å². The van der Waals surface area contributed by atoms with Crippen molar-refractivity contribution >= 4 is 0 Å². The van der Waals surface area contributed by atoms with E-state index < -0.39 is 6.10 Å². The van der Waals surface area contributed by atoms with Crippen molar-refractivity contribution in [3.05, 3.63) is 49.0 Å². The number of rotatable bonds is 5. The summed E-state index contributed by atoms with van der Waals surface area (Å²) < 4.78 is 5.30. The molecular formula is C15H20N2O4. The van der Waals surface area contributed by atoms with Crippen molar-refractivity contribution in [2.75, 3.05) is 13.2 Å². The van der Waals surface area contributed by atoms with E-state index in [-0.39, 0.29) is 19.0 Å². The minimum atomic E-state index is -0.841. The molecule has 6 nitrogen and oxygen atoms in total. The van der Waals surface area contributed by atoms with E-state index in [1.54, 1.807) is 0 Å². The Balaban J connectivity index is 0.000000491. The van der Waals surface area contributed by atoms with Gasteiger partial charge in [0.05, 0.1) is 12.2 Å². The molecule has 0 saturated carbocycles. The number of aromatic nitrogens is 2. The third-order valence-electron chi connectivity index (χ3n) is 2.33. The van der Waals surface area contributed by atoms with Crippen molar-refractivity contribution in [2.45, 2.75) is 13.0 Å². The number of nitrogens with one attached hydrogen (secondary N) is 2. The van der Waals surface area contributed by atoms with E-state index >= 15 is 0 Å². The zero-order valence-electron chi connectivity index (χ0n) is 11.9. The smallest absolute Gasteiger partial charge is 0.284 e. The molecule has 1 heterocycles. The lowest BCUT2D eigenvalue weighted by molar-refractivity contribution is -0.362. The van der Waals surface area contributed by atoms with Crippen molar-refractivity contribution < 1.29 is 25.0 Å². The highest BCUT2D eigenvalue weighted by Gasteiger charge is 2.06. The van der Waals surface area contributed by atoms with Crippen LogP contribution in [0.1, 0.15) is 6.92 Å². The van der Waals surface area contributed by atoms with Gasteiger partial charge in [0, 0.05) is 0 Å². The molecule has 0 fully saturated rings. The van der Waals surface area contributed by atoms with Crippen LogP contribution in [-0.4, -0.2) is 34.5 Å². The van der Waals surface area contributed by atoms with Gasteiger partial charge in [-0.25, -0.2) is 9.97 Å². The van der Waals surface area contributed by atoms with Crippen molar-refractivity contribution in [1.29, 1.82) is 0 Å². The molecule has 2 aromatic rings. The monoisotopic (exact) mass is 292 g/mol. The van der Waals surface area contributed by atoms with Gasteiger partial charge in [-0.15, -0.1) is 12.3 Å². The first-order valence-corrected chi connectivity index (χ1v) is 6.42. The SMILES string of the molecule is C=C(C)[O-].OCC(O)COc1ccc(-c2[nH]cc[nH+]2)cc1. The molecule has 2 rings (SSSR count). The fourth-order valence-corrected chi connectivity index (χ4v) is 1.42. The maximum Gasteiger partial charge on any atom is 0.284 e. The first-order chi connectivity index (χ1) is 10.0. The summed E-state index contributed by atoms with van der Waals surface area (Å²) in [5.41, 5.74) is 1.02. The average Bonchev–Trinajstić information content (AvgIpc) is 2.99. The third kappa shape index (κ3) is 6.60. The number of aliphatic hydroxyl groups excluding tert-OH is 2. The maximum atomic E-state index is 9.33. The molecule has 0 radical (unpaired) electrons. The maximum absolute atomic E-state index is 9.33. The topological polar surface area (TPSA) is 103 Å². The van der Waals surface area contributed by atoms with Crippen LogP contribution in [0.2, 0.25) is 0 Å². The van der Waals surface area contributed by atoms with Gasteiger partial charge < -0.3 is 20.1 Å². The summed E-state index contributed by atoms with van der Waals surface area (Å²) in [5.74, 6) is 1.50. The molecule has 4 N–H and O–H groups in total. The molecular weight excluding hydrogens is 272 g/mol. The zero-order valence-corrected chi connectivity index (χ0v) is 11.9. The average molecular weight is 292 g/mol. The van der Waals surface area contributed by atoms with E-state index in [2.05, 4.69) is 16.5 Å². The van der Waals surface area contributed by atoms with Crippen LogP contribution in [0.15, 0.2) is 49.0 Å². The summed E-state index contributed by atoms with van der Waals surface area (Å²) in [6.07, 6.45) is 2.79. The quantitative estimate of drug-likeness (QED) is 0.680. The Morgan fingerprint density at radius 2 is 2.05 bits per heavy atom. The van der Waals surface area contributed by atoms with Crippen LogP contribution >= 0.6 is 0 Å². The highest BCUT2D eigenvalue weighted by molar-refractivity contribution is 5.53. The lowest BCUT2D eigenvalue weighted by Crippen LogP contribution is -2.21. The number of H-pyrrole nitrogens is 2. The van der Waals surface area contributed by atoms with Crippen LogP contribution in [0.4, 0.5) is 0 Å². The summed E-state index contributed by atoms with van der Waals surface area (Å²) in [7, 11) is 0. The minimum absolute atomic E-state index is 0.0833. The van der Waals surface area contributed by atoms with Crippen LogP contribution in [0.25, 0.3) is 11.4 Å². The molecule has 1 aromatic carbocycles. The molecule has 0 aliphatic carbocycles. The second-order valence-electron chi connectivity index (χ2n) is 4.37. The van der Waals surface area contributed by atoms with Crippen molar-refractivity contribution in [3.63, 3.8) is 0 Å². The summed E-state index contributed by atoms with van der Waals surface area (Å²) in [4.78, 5) is 6.13. The third-order valence-corrected chi connectivity index (χ3v) is 2.33. The first kappa shape index (κ1) is 16.7. The lowest BCUT2D eigenvalue weighted by atomic mass is 10.2. The van der Waals surface area contributed by atoms with Gasteiger partial charge in [0.2, 0.25) is 0 Å². The Bertz CT molecular complexity index is 519. The number of hydrogen-bond donors (Lipinski definition) is 3. The normalized spacial score (nSPS) is 11.2. The zero-order chi connectivity index (χ0) is 15.7. The van der Waals surface area contributed by atoms with E-state index in [1.807, 2.05) is 36.7 Å². The number of allylic oxidation sites excluding steroid dienone is 1. The highest BCUT2D eigenvalue weighted by atomic mass is 16.5. The van der Waals surface area contributed by atoms with Crippen LogP contribution in [0, 0.1) is 0 Å². The van der Waals surface area contributed by atoms with E-state index in [1.165, 1.54) is 6.92 Å². The van der Waals surface area contributed by atoms with Gasteiger partial charge in [0.15, 0.2) is 0 Å². The van der Waals surface area contributed by atoms with E-state index in [4.69, 9.17) is 14.9 Å². The standard InChI is InChI=1S/C12H14N2O3.C3H6O/c15-7-10(16)8-17-11-3-1-9(2-4-11)12-13-5-6-14-12;1-3(2)4/h1-6,10,15-16H,7-8H2,(H,13,14);4H,1H2,2H3. The molecule has 0 aliphatic heterocycles. The second-order valence-corrected chi connectivity index (χ2v) is 4.37. The summed E-state index contributed by atoms with van der Waals surface area (Å²) in [5, 5.41) is 27.1. The second kappa shape index (κ2) is 8.78. The van der Waals surface area contributed by atoms with Gasteiger partial charge in [0.25, 0.3) is 5.82 Å². The molecule has 0 aliphatic rings. The predicted molar refractivity (Wildman–Crippen MR) is 76.2 cm³/mol. The van der Waals surface area contributed by atoms with E-state index in [9.17, 15) is 5.11 Å². The summed E-state index contributed by atoms with van der Waals surface area (Å²) >= 11 is 0. The molecule has 0 bridgehead atoms. The predicted octanol–water partition coefficient (Wildman–Crippen LogP) is 0.108. The molecule has 0 spiro atoms. The van der Waals surface area contributed by atoms with Gasteiger partial charge in [-0.1, -0.05) is 6.92 Å². The van der Waals surface area contributed by atoms with Crippen LogP contribution < -0.4 is 14.8 Å². The minimum Gasteiger partial charge on any atom is -0.876 e. The van der Waals surface area contributed by atoms with Gasteiger partial charge in [-0.2, -0.15) is 0 Å². The Morgan fingerprint density at radius 1 is 1.43 bits per heavy atom. The molecule has 1 unspecified atom stereocenters. The van der Waals surface area contributed by atoms with Gasteiger partial charge >= 0.3 is 0 Å². The fourth-order valence-electron chi connectivity index (χ4n) is 1.42. The van der Waals surface area contributed by atoms with Gasteiger partial charge in [-0.3, -0.25) is 0 Å². The summed E-state index contributed by atoms with van der Waals surface area (Å²) in [6, 6.07) is 7.44. The lowest BCUT2D eigenvalue weighted by Gasteiger charge is -2.09. The Morgan fingerprint density at radius 3 is 2.52 bits per heavy atom. The number of aromatic amines is 2. The van der Waals surface area contributed by atoms with E-state index in [0.717, 1.165) is 11.4 Å². The number of benzene rings is 1.